The zero-order valence-electron chi connectivity index (χ0n) is 14.1. The number of hydrogen-bond donors (Lipinski definition) is 1. The Bertz CT molecular complexity index is 810. The topological polar surface area (TPSA) is 64.4 Å². The molecule has 0 bridgehead atoms. The number of amides is 1. The van der Waals surface area contributed by atoms with E-state index in [4.69, 9.17) is 9.15 Å². The van der Waals surface area contributed by atoms with E-state index in [0.717, 1.165) is 16.9 Å². The lowest BCUT2D eigenvalue weighted by atomic mass is 10.2. The van der Waals surface area contributed by atoms with Gasteiger partial charge in [0.1, 0.15) is 5.75 Å². The first-order valence-electron chi connectivity index (χ1n) is 8.14. The maximum Gasteiger partial charge on any atom is 0.220 e. The van der Waals surface area contributed by atoms with Gasteiger partial charge in [-0.05, 0) is 29.8 Å². The molecule has 0 aliphatic rings. The van der Waals surface area contributed by atoms with Crippen LogP contribution in [0.25, 0.3) is 11.3 Å². The quantitative estimate of drug-likeness (QED) is 0.716. The molecule has 0 radical (unpaired) electrons. The van der Waals surface area contributed by atoms with E-state index in [2.05, 4.69) is 10.3 Å². The first-order chi connectivity index (χ1) is 12.2. The second-order valence-electron chi connectivity index (χ2n) is 5.61. The molecule has 0 spiro atoms. The molecule has 3 rings (SSSR count). The number of oxazole rings is 1. The fourth-order valence-corrected chi connectivity index (χ4v) is 2.42. The molecule has 2 aromatic carbocycles. The molecule has 128 valence electrons. The lowest BCUT2D eigenvalue weighted by molar-refractivity contribution is -0.121. The minimum atomic E-state index is -0.0203. The molecule has 0 unspecified atom stereocenters. The summed E-state index contributed by atoms with van der Waals surface area (Å²) in [7, 11) is 1.63. The molecule has 3 aromatic rings. The van der Waals surface area contributed by atoms with Crippen molar-refractivity contribution in [3.05, 3.63) is 72.2 Å². The fraction of sp³-hybridized carbons (Fsp3) is 0.200. The fourth-order valence-electron chi connectivity index (χ4n) is 2.42. The Balaban J connectivity index is 1.50. The number of rotatable bonds is 7. The van der Waals surface area contributed by atoms with Crippen LogP contribution in [-0.2, 0) is 17.8 Å². The lowest BCUT2D eigenvalue weighted by Crippen LogP contribution is -2.22. The molecular weight excluding hydrogens is 316 g/mol. The van der Waals surface area contributed by atoms with Crippen LogP contribution in [0.4, 0.5) is 0 Å². The highest BCUT2D eigenvalue weighted by atomic mass is 16.5. The van der Waals surface area contributed by atoms with Crippen LogP contribution in [0.1, 0.15) is 17.9 Å². The standard InChI is InChI=1S/C20H20N2O3/c1-24-17-9-7-16(8-10-17)18-14-22-20(25-18)12-11-19(23)21-13-15-5-3-2-4-6-15/h2-10,14H,11-13H2,1H3,(H,21,23). The van der Waals surface area contributed by atoms with Crippen molar-refractivity contribution in [1.82, 2.24) is 10.3 Å². The highest BCUT2D eigenvalue weighted by Crippen LogP contribution is 2.23. The van der Waals surface area contributed by atoms with Gasteiger partial charge in [0.2, 0.25) is 5.91 Å². The van der Waals surface area contributed by atoms with Crippen LogP contribution in [0, 0.1) is 0 Å². The number of benzene rings is 2. The monoisotopic (exact) mass is 336 g/mol. The summed E-state index contributed by atoms with van der Waals surface area (Å²) in [6.45, 7) is 0.530. The average Bonchev–Trinajstić information content (AvgIpc) is 3.14. The van der Waals surface area contributed by atoms with E-state index < -0.39 is 0 Å². The Morgan fingerprint density at radius 2 is 1.88 bits per heavy atom. The molecule has 5 heteroatoms. The Kier molecular flexibility index (Phi) is 5.46. The number of aryl methyl sites for hydroxylation is 1. The van der Waals surface area contributed by atoms with Gasteiger partial charge in [-0.3, -0.25) is 4.79 Å². The van der Waals surface area contributed by atoms with Gasteiger partial charge in [-0.1, -0.05) is 30.3 Å². The Morgan fingerprint density at radius 3 is 2.60 bits per heavy atom. The molecule has 25 heavy (non-hydrogen) atoms. The van der Waals surface area contributed by atoms with Crippen molar-refractivity contribution in [2.24, 2.45) is 0 Å². The number of nitrogens with one attached hydrogen (secondary N) is 1. The first-order valence-corrected chi connectivity index (χ1v) is 8.14. The number of carbonyl (C=O) groups is 1. The summed E-state index contributed by atoms with van der Waals surface area (Å²) in [5.41, 5.74) is 2.00. The van der Waals surface area contributed by atoms with Crippen molar-refractivity contribution in [3.8, 4) is 17.1 Å². The van der Waals surface area contributed by atoms with Crippen LogP contribution in [0.2, 0.25) is 0 Å². The van der Waals surface area contributed by atoms with E-state index in [1.807, 2.05) is 54.6 Å². The number of aromatic nitrogens is 1. The van der Waals surface area contributed by atoms with Gasteiger partial charge in [-0.15, -0.1) is 0 Å². The van der Waals surface area contributed by atoms with Crippen molar-refractivity contribution in [1.29, 1.82) is 0 Å². The summed E-state index contributed by atoms with van der Waals surface area (Å²) in [5, 5.41) is 2.90. The largest absolute Gasteiger partial charge is 0.497 e. The highest BCUT2D eigenvalue weighted by molar-refractivity contribution is 5.76. The predicted octanol–water partition coefficient (Wildman–Crippen LogP) is 3.60. The summed E-state index contributed by atoms with van der Waals surface area (Å²) >= 11 is 0. The maximum absolute atomic E-state index is 11.9. The molecule has 0 fully saturated rings. The number of hydrogen-bond acceptors (Lipinski definition) is 4. The van der Waals surface area contributed by atoms with Gasteiger partial charge in [0.25, 0.3) is 0 Å². The van der Waals surface area contributed by atoms with Crippen molar-refractivity contribution in [3.63, 3.8) is 0 Å². The van der Waals surface area contributed by atoms with Crippen LogP contribution < -0.4 is 10.1 Å². The smallest absolute Gasteiger partial charge is 0.220 e. The summed E-state index contributed by atoms with van der Waals surface area (Å²) in [4.78, 5) is 16.2. The van der Waals surface area contributed by atoms with Crippen LogP contribution in [0.3, 0.4) is 0 Å². The van der Waals surface area contributed by atoms with Crippen molar-refractivity contribution < 1.29 is 13.9 Å². The molecule has 0 aliphatic carbocycles. The predicted molar refractivity (Wildman–Crippen MR) is 95.1 cm³/mol. The molecular formula is C20H20N2O3. The lowest BCUT2D eigenvalue weighted by Gasteiger charge is -2.04. The second kappa shape index (κ2) is 8.15. The molecule has 0 atom stereocenters. The van der Waals surface area contributed by atoms with Gasteiger partial charge in [0.15, 0.2) is 11.7 Å². The summed E-state index contributed by atoms with van der Waals surface area (Å²) in [6, 6.07) is 17.4. The van der Waals surface area contributed by atoms with Gasteiger partial charge in [0, 0.05) is 24.9 Å². The van der Waals surface area contributed by atoms with Gasteiger partial charge in [0.05, 0.1) is 13.3 Å². The zero-order chi connectivity index (χ0) is 17.5. The molecule has 1 amide bonds. The Labute approximate surface area is 146 Å². The maximum atomic E-state index is 11.9. The van der Waals surface area contributed by atoms with E-state index in [9.17, 15) is 4.79 Å². The summed E-state index contributed by atoms with van der Waals surface area (Å²) < 4.78 is 10.9. The van der Waals surface area contributed by atoms with Gasteiger partial charge in [-0.25, -0.2) is 4.98 Å². The SMILES string of the molecule is COc1ccc(-c2cnc(CCC(=O)NCc3ccccc3)o2)cc1. The average molecular weight is 336 g/mol. The minimum Gasteiger partial charge on any atom is -0.497 e. The van der Waals surface area contributed by atoms with Crippen LogP contribution in [0.15, 0.2) is 65.2 Å². The van der Waals surface area contributed by atoms with Crippen molar-refractivity contribution in [2.45, 2.75) is 19.4 Å². The van der Waals surface area contributed by atoms with E-state index in [1.165, 1.54) is 0 Å². The molecule has 0 saturated heterocycles. The number of nitrogens with zero attached hydrogens (tertiary/aromatic N) is 1. The number of carbonyl (C=O) groups excluding carboxylic acids is 1. The molecule has 0 aliphatic heterocycles. The third-order valence-electron chi connectivity index (χ3n) is 3.83. The summed E-state index contributed by atoms with van der Waals surface area (Å²) in [6.07, 6.45) is 2.49. The van der Waals surface area contributed by atoms with Crippen molar-refractivity contribution in [2.75, 3.05) is 7.11 Å². The molecule has 1 heterocycles. The first kappa shape index (κ1) is 16.8. The minimum absolute atomic E-state index is 0.0203. The molecule has 1 aromatic heterocycles. The second-order valence-corrected chi connectivity index (χ2v) is 5.61. The van der Waals surface area contributed by atoms with Gasteiger partial charge >= 0.3 is 0 Å². The highest BCUT2D eigenvalue weighted by Gasteiger charge is 2.09. The van der Waals surface area contributed by atoms with E-state index in [0.29, 0.717) is 31.0 Å². The third-order valence-corrected chi connectivity index (χ3v) is 3.83. The van der Waals surface area contributed by atoms with Crippen LogP contribution >= 0.6 is 0 Å². The zero-order valence-corrected chi connectivity index (χ0v) is 14.1. The number of ether oxygens (including phenoxy) is 1. The van der Waals surface area contributed by atoms with Gasteiger partial charge in [-0.2, -0.15) is 0 Å². The molecule has 5 nitrogen and oxygen atoms in total. The van der Waals surface area contributed by atoms with Gasteiger partial charge < -0.3 is 14.5 Å². The summed E-state index contributed by atoms with van der Waals surface area (Å²) in [5.74, 6) is 2.01. The molecule has 0 saturated carbocycles. The third kappa shape index (κ3) is 4.70. The van der Waals surface area contributed by atoms with Crippen LogP contribution in [-0.4, -0.2) is 18.0 Å². The Hall–Kier alpha value is -3.08. The van der Waals surface area contributed by atoms with Crippen LogP contribution in [0.5, 0.6) is 5.75 Å². The van der Waals surface area contributed by atoms with E-state index >= 15 is 0 Å². The molecule has 1 N–H and O–H groups in total. The van der Waals surface area contributed by atoms with Crippen molar-refractivity contribution >= 4 is 5.91 Å². The normalized spacial score (nSPS) is 10.4. The van der Waals surface area contributed by atoms with E-state index in [-0.39, 0.29) is 5.91 Å². The van der Waals surface area contributed by atoms with E-state index in [1.54, 1.807) is 13.3 Å². The Morgan fingerprint density at radius 1 is 1.12 bits per heavy atom. The number of methoxy groups -OCH3 is 1.